The molecule has 1 aromatic rings. The van der Waals surface area contributed by atoms with Crippen LogP contribution in [0.1, 0.15) is 22.8 Å². The summed E-state index contributed by atoms with van der Waals surface area (Å²) in [5, 5.41) is 0. The number of halogens is 1. The molecular weight excluding hydrogens is 312 g/mol. The van der Waals surface area contributed by atoms with Crippen molar-refractivity contribution in [2.45, 2.75) is 13.8 Å². The van der Waals surface area contributed by atoms with Gasteiger partial charge in [0, 0.05) is 22.3 Å². The highest BCUT2D eigenvalue weighted by Gasteiger charge is 2.20. The number of hydrogen-bond donors (Lipinski definition) is 1. The zero-order chi connectivity index (χ0) is 14.6. The van der Waals surface area contributed by atoms with Gasteiger partial charge in [-0.1, -0.05) is 15.9 Å². The molecule has 0 aliphatic carbocycles. The van der Waals surface area contributed by atoms with E-state index in [9.17, 15) is 9.59 Å². The maximum absolute atomic E-state index is 12.4. The minimum Gasteiger partial charge on any atom is -0.468 e. The van der Waals surface area contributed by atoms with Gasteiger partial charge >= 0.3 is 5.97 Å². The van der Waals surface area contributed by atoms with E-state index >= 15 is 0 Å². The van der Waals surface area contributed by atoms with E-state index < -0.39 is 5.97 Å². The third-order valence-electron chi connectivity index (χ3n) is 2.86. The van der Waals surface area contributed by atoms with Gasteiger partial charge in [-0.15, -0.1) is 0 Å². The predicted octanol–water partition coefficient (Wildman–Crippen LogP) is 1.97. The van der Waals surface area contributed by atoms with E-state index in [1.807, 2.05) is 0 Å². The van der Waals surface area contributed by atoms with E-state index in [1.54, 1.807) is 26.0 Å². The highest BCUT2D eigenvalue weighted by Crippen LogP contribution is 2.23. The summed E-state index contributed by atoms with van der Waals surface area (Å²) in [6, 6.07) is 3.44. The molecule has 104 valence electrons. The van der Waals surface area contributed by atoms with Gasteiger partial charge in [-0.05, 0) is 31.5 Å². The zero-order valence-electron chi connectivity index (χ0n) is 11.2. The van der Waals surface area contributed by atoms with Crippen molar-refractivity contribution in [3.05, 3.63) is 27.7 Å². The molecule has 2 N–H and O–H groups in total. The Hall–Kier alpha value is -1.56. The fraction of sp³-hybridized carbons (Fsp3) is 0.385. The van der Waals surface area contributed by atoms with Crippen molar-refractivity contribution in [2.24, 2.45) is 0 Å². The third-order valence-corrected chi connectivity index (χ3v) is 3.32. The van der Waals surface area contributed by atoms with Crippen LogP contribution in [-0.2, 0) is 9.53 Å². The summed E-state index contributed by atoms with van der Waals surface area (Å²) in [5.41, 5.74) is 7.56. The van der Waals surface area contributed by atoms with Crippen LogP contribution < -0.4 is 5.73 Å². The first-order chi connectivity index (χ1) is 8.90. The summed E-state index contributed by atoms with van der Waals surface area (Å²) >= 11 is 3.31. The molecule has 0 spiro atoms. The normalized spacial score (nSPS) is 10.1. The zero-order valence-corrected chi connectivity index (χ0v) is 12.8. The summed E-state index contributed by atoms with van der Waals surface area (Å²) in [7, 11) is 1.29. The van der Waals surface area contributed by atoms with Crippen molar-refractivity contribution in [1.82, 2.24) is 4.90 Å². The van der Waals surface area contributed by atoms with Gasteiger partial charge in [-0.3, -0.25) is 9.59 Å². The highest BCUT2D eigenvalue weighted by molar-refractivity contribution is 9.10. The molecule has 6 heteroatoms. The first-order valence-corrected chi connectivity index (χ1v) is 6.61. The summed E-state index contributed by atoms with van der Waals surface area (Å²) in [4.78, 5) is 25.1. The number of nitrogens with zero attached hydrogens (tertiary/aromatic N) is 1. The molecule has 0 saturated heterocycles. The number of rotatable bonds is 4. The minimum absolute atomic E-state index is 0.0717. The van der Waals surface area contributed by atoms with E-state index in [0.29, 0.717) is 23.4 Å². The molecule has 0 fully saturated rings. The van der Waals surface area contributed by atoms with Crippen molar-refractivity contribution < 1.29 is 14.3 Å². The molecule has 1 aromatic carbocycles. The number of carbonyl (C=O) groups excluding carboxylic acids is 2. The van der Waals surface area contributed by atoms with E-state index in [0.717, 1.165) is 4.47 Å². The lowest BCUT2D eigenvalue weighted by Crippen LogP contribution is -2.36. The smallest absolute Gasteiger partial charge is 0.325 e. The Morgan fingerprint density at radius 1 is 1.42 bits per heavy atom. The molecule has 0 saturated carbocycles. The largest absolute Gasteiger partial charge is 0.468 e. The van der Waals surface area contributed by atoms with Crippen LogP contribution >= 0.6 is 15.9 Å². The SMILES string of the molecule is CCN(CC(=O)OC)C(=O)c1cc(Br)cc(N)c1C. The lowest BCUT2D eigenvalue weighted by molar-refractivity contribution is -0.141. The Bertz CT molecular complexity index is 503. The Kier molecular flexibility index (Phi) is 5.35. The van der Waals surface area contributed by atoms with Crippen LogP contribution in [0, 0.1) is 6.92 Å². The van der Waals surface area contributed by atoms with Crippen molar-refractivity contribution in [3.63, 3.8) is 0 Å². The fourth-order valence-electron chi connectivity index (χ4n) is 1.64. The summed E-state index contributed by atoms with van der Waals surface area (Å²) in [5.74, 6) is -0.686. The molecule has 0 aliphatic heterocycles. The molecule has 1 amide bonds. The number of anilines is 1. The van der Waals surface area contributed by atoms with E-state index in [2.05, 4.69) is 20.7 Å². The molecule has 0 unspecified atom stereocenters. The van der Waals surface area contributed by atoms with Gasteiger partial charge in [-0.25, -0.2) is 0 Å². The van der Waals surface area contributed by atoms with Crippen molar-refractivity contribution in [2.75, 3.05) is 25.9 Å². The van der Waals surface area contributed by atoms with E-state index in [-0.39, 0.29) is 12.5 Å². The Labute approximate surface area is 120 Å². The number of ether oxygens (including phenoxy) is 1. The minimum atomic E-state index is -0.448. The van der Waals surface area contributed by atoms with Gasteiger partial charge in [0.15, 0.2) is 0 Å². The van der Waals surface area contributed by atoms with Gasteiger partial charge in [0.05, 0.1) is 7.11 Å². The van der Waals surface area contributed by atoms with E-state index in [1.165, 1.54) is 12.0 Å². The number of nitrogens with two attached hydrogens (primary N) is 1. The number of hydrogen-bond acceptors (Lipinski definition) is 4. The Morgan fingerprint density at radius 2 is 2.05 bits per heavy atom. The van der Waals surface area contributed by atoms with Gasteiger partial charge in [0.2, 0.25) is 0 Å². The second kappa shape index (κ2) is 6.56. The van der Waals surface area contributed by atoms with Gasteiger partial charge in [0.25, 0.3) is 5.91 Å². The number of nitrogen functional groups attached to an aromatic ring is 1. The average molecular weight is 329 g/mol. The molecule has 19 heavy (non-hydrogen) atoms. The lowest BCUT2D eigenvalue weighted by atomic mass is 10.1. The lowest BCUT2D eigenvalue weighted by Gasteiger charge is -2.21. The van der Waals surface area contributed by atoms with E-state index in [4.69, 9.17) is 5.73 Å². The standard InChI is InChI=1S/C13H17BrN2O3/c1-4-16(7-12(17)19-3)13(18)10-5-9(14)6-11(15)8(10)2/h5-6H,4,7,15H2,1-3H3. The van der Waals surface area contributed by atoms with Crippen molar-refractivity contribution in [1.29, 1.82) is 0 Å². The maximum Gasteiger partial charge on any atom is 0.325 e. The van der Waals surface area contributed by atoms with Crippen LogP contribution in [0.15, 0.2) is 16.6 Å². The molecule has 0 aliphatic rings. The topological polar surface area (TPSA) is 72.6 Å². The second-order valence-electron chi connectivity index (χ2n) is 4.06. The van der Waals surface area contributed by atoms with Crippen molar-refractivity contribution >= 4 is 33.5 Å². The predicted molar refractivity (Wildman–Crippen MR) is 76.9 cm³/mol. The molecular formula is C13H17BrN2O3. The fourth-order valence-corrected chi connectivity index (χ4v) is 2.12. The third kappa shape index (κ3) is 3.70. The van der Waals surface area contributed by atoms with Crippen molar-refractivity contribution in [3.8, 4) is 0 Å². The molecule has 0 bridgehead atoms. The van der Waals surface area contributed by atoms with Crippen LogP contribution in [-0.4, -0.2) is 37.0 Å². The van der Waals surface area contributed by atoms with Crippen LogP contribution in [0.3, 0.4) is 0 Å². The summed E-state index contributed by atoms with van der Waals surface area (Å²) < 4.78 is 5.31. The Balaban J connectivity index is 3.07. The van der Waals surface area contributed by atoms with Crippen LogP contribution in [0.2, 0.25) is 0 Å². The summed E-state index contributed by atoms with van der Waals surface area (Å²) in [6.07, 6.45) is 0. The molecule has 0 aromatic heterocycles. The van der Waals surface area contributed by atoms with Crippen LogP contribution in [0.5, 0.6) is 0 Å². The molecule has 0 radical (unpaired) electrons. The second-order valence-corrected chi connectivity index (χ2v) is 4.98. The molecule has 0 heterocycles. The quantitative estimate of drug-likeness (QED) is 0.677. The monoisotopic (exact) mass is 328 g/mol. The molecule has 0 atom stereocenters. The maximum atomic E-state index is 12.4. The average Bonchev–Trinajstić information content (AvgIpc) is 2.38. The molecule has 1 rings (SSSR count). The summed E-state index contributed by atoms with van der Waals surface area (Å²) in [6.45, 7) is 3.93. The Morgan fingerprint density at radius 3 is 2.58 bits per heavy atom. The number of esters is 1. The first-order valence-electron chi connectivity index (χ1n) is 5.82. The van der Waals surface area contributed by atoms with Gasteiger partial charge in [-0.2, -0.15) is 0 Å². The molecule has 5 nitrogen and oxygen atoms in total. The number of benzene rings is 1. The first kappa shape index (κ1) is 15.5. The van der Waals surface area contributed by atoms with Gasteiger partial charge in [0.1, 0.15) is 6.54 Å². The van der Waals surface area contributed by atoms with Crippen LogP contribution in [0.4, 0.5) is 5.69 Å². The van der Waals surface area contributed by atoms with Crippen LogP contribution in [0.25, 0.3) is 0 Å². The number of amides is 1. The number of carbonyl (C=O) groups is 2. The number of likely N-dealkylation sites (N-methyl/N-ethyl adjacent to an activating group) is 1. The number of methoxy groups -OCH3 is 1. The highest BCUT2D eigenvalue weighted by atomic mass is 79.9. The van der Waals surface area contributed by atoms with Gasteiger partial charge < -0.3 is 15.4 Å².